The molecule has 3 heterocycles. The number of aromatic nitrogens is 2. The van der Waals surface area contributed by atoms with Crippen LogP contribution >= 0.6 is 11.6 Å². The number of benzene rings is 1. The molecule has 0 spiro atoms. The molecule has 1 aromatic heterocycles. The number of aryl methyl sites for hydroxylation is 1. The fourth-order valence-corrected chi connectivity index (χ4v) is 6.32. The summed E-state index contributed by atoms with van der Waals surface area (Å²) in [5, 5.41) is 15.8. The number of nitrogens with zero attached hydrogens (tertiary/aromatic N) is 6. The lowest BCUT2D eigenvalue weighted by Crippen LogP contribution is -2.56. The standard InChI is InChI=1S/C31H43ClN6O4/c1-19-14-24(32)23(21-10-12-36(13-11-21)31(6)18-41-17-27(31)39)15-25(19)35-28(33-7)37(29(40)42-30(3,4)5)26-16-34-38(20(26)2)22-8-9-22/h14-16,21-22,27,39H,7-13,17-18H2,1-6H3/b35-28+/t27-,31?/m1/s1. The molecule has 3 fully saturated rings. The summed E-state index contributed by atoms with van der Waals surface area (Å²) in [6.07, 6.45) is 4.49. The molecule has 228 valence electrons. The van der Waals surface area contributed by atoms with Crippen LogP contribution in [0.25, 0.3) is 0 Å². The number of aliphatic hydroxyl groups excluding tert-OH is 1. The van der Waals surface area contributed by atoms with Crippen molar-refractivity contribution in [3.8, 4) is 0 Å². The SMILES string of the molecule is C=N/C(=N\c1cc(C2CCN(C3(C)COC[C@H]3O)CC2)c(Cl)cc1C)N(C(=O)OC(C)(C)C)c1cnn(C2CC2)c1C. The minimum Gasteiger partial charge on any atom is -0.443 e. The lowest BCUT2D eigenvalue weighted by molar-refractivity contribution is -0.00211. The van der Waals surface area contributed by atoms with E-state index in [0.717, 1.165) is 55.6 Å². The summed E-state index contributed by atoms with van der Waals surface area (Å²) in [4.78, 5) is 26.4. The molecule has 1 amide bonds. The Bertz CT molecular complexity index is 1370. The number of amides is 1. The number of likely N-dealkylation sites (tertiary alicyclic amines) is 1. The number of halogens is 1. The molecule has 11 heteroatoms. The maximum atomic E-state index is 13.6. The van der Waals surface area contributed by atoms with Crippen LogP contribution in [0.5, 0.6) is 0 Å². The highest BCUT2D eigenvalue weighted by atomic mass is 35.5. The van der Waals surface area contributed by atoms with E-state index in [1.807, 2.05) is 51.4 Å². The van der Waals surface area contributed by atoms with Gasteiger partial charge < -0.3 is 14.6 Å². The number of ether oxygens (including phenoxy) is 2. The van der Waals surface area contributed by atoms with Crippen LogP contribution in [-0.4, -0.2) is 82.1 Å². The van der Waals surface area contributed by atoms with Crippen LogP contribution < -0.4 is 4.90 Å². The molecule has 42 heavy (non-hydrogen) atoms. The Balaban J connectivity index is 1.46. The van der Waals surface area contributed by atoms with E-state index in [2.05, 4.69) is 28.6 Å². The molecule has 1 saturated carbocycles. The largest absolute Gasteiger partial charge is 0.443 e. The number of hydrogen-bond acceptors (Lipinski definition) is 7. The van der Waals surface area contributed by atoms with Gasteiger partial charge in [0, 0.05) is 5.02 Å². The van der Waals surface area contributed by atoms with Crippen LogP contribution in [0.15, 0.2) is 28.3 Å². The quantitative estimate of drug-likeness (QED) is 0.337. The molecule has 2 aromatic rings. The summed E-state index contributed by atoms with van der Waals surface area (Å²) < 4.78 is 13.3. The average Bonchev–Trinajstić information content (AvgIpc) is 3.62. The summed E-state index contributed by atoms with van der Waals surface area (Å²) in [6.45, 7) is 17.8. The zero-order valence-corrected chi connectivity index (χ0v) is 26.3. The number of guanidine groups is 1. The fraction of sp³-hybridized carbons (Fsp3) is 0.613. The van der Waals surface area contributed by atoms with Crippen LogP contribution in [-0.2, 0) is 9.47 Å². The highest BCUT2D eigenvalue weighted by Crippen LogP contribution is 2.40. The second kappa shape index (κ2) is 11.7. The van der Waals surface area contributed by atoms with Crippen LogP contribution in [0, 0.1) is 13.8 Å². The molecule has 1 aromatic carbocycles. The summed E-state index contributed by atoms with van der Waals surface area (Å²) in [5.41, 5.74) is 2.84. The fourth-order valence-electron chi connectivity index (χ4n) is 5.95. The van der Waals surface area contributed by atoms with Gasteiger partial charge in [0.05, 0.1) is 54.2 Å². The molecular formula is C31H43ClN6O4. The number of anilines is 1. The van der Waals surface area contributed by atoms with Gasteiger partial charge in [-0.2, -0.15) is 5.10 Å². The minimum absolute atomic E-state index is 0.108. The molecule has 2 aliphatic heterocycles. The van der Waals surface area contributed by atoms with Gasteiger partial charge in [0.2, 0.25) is 5.96 Å². The van der Waals surface area contributed by atoms with Gasteiger partial charge in [0.25, 0.3) is 0 Å². The van der Waals surface area contributed by atoms with E-state index in [1.165, 1.54) is 4.90 Å². The van der Waals surface area contributed by atoms with Gasteiger partial charge in [0.1, 0.15) is 5.60 Å². The van der Waals surface area contributed by atoms with Gasteiger partial charge in [-0.15, -0.1) is 0 Å². The molecule has 1 unspecified atom stereocenters. The Labute approximate surface area is 253 Å². The Kier molecular flexibility index (Phi) is 8.55. The van der Waals surface area contributed by atoms with Crippen LogP contribution in [0.3, 0.4) is 0 Å². The Hall–Kier alpha value is -2.79. The first-order chi connectivity index (χ1) is 19.8. The molecule has 0 radical (unpaired) electrons. The molecule has 2 saturated heterocycles. The number of rotatable bonds is 5. The van der Waals surface area contributed by atoms with E-state index >= 15 is 0 Å². The van der Waals surface area contributed by atoms with E-state index in [1.54, 1.807) is 6.20 Å². The van der Waals surface area contributed by atoms with Crippen LogP contribution in [0.1, 0.15) is 82.2 Å². The number of aliphatic imine (C=N–C) groups is 2. The van der Waals surface area contributed by atoms with E-state index in [0.29, 0.717) is 35.7 Å². The number of carbonyl (C=O) groups is 1. The highest BCUT2D eigenvalue weighted by molar-refractivity contribution is 6.31. The number of aliphatic hydroxyl groups is 1. The molecule has 5 rings (SSSR count). The first-order valence-corrected chi connectivity index (χ1v) is 15.1. The van der Waals surface area contributed by atoms with Crippen molar-refractivity contribution in [3.63, 3.8) is 0 Å². The van der Waals surface area contributed by atoms with Gasteiger partial charge in [0.15, 0.2) is 0 Å². The molecule has 1 N–H and O–H groups in total. The molecule has 0 bridgehead atoms. The van der Waals surface area contributed by atoms with E-state index in [9.17, 15) is 9.90 Å². The van der Waals surface area contributed by atoms with Crippen molar-refractivity contribution in [2.75, 3.05) is 31.2 Å². The van der Waals surface area contributed by atoms with Crippen LogP contribution in [0.4, 0.5) is 16.2 Å². The lowest BCUT2D eigenvalue weighted by Gasteiger charge is -2.43. The molecule has 2 atom stereocenters. The first kappa shape index (κ1) is 30.7. The smallest absolute Gasteiger partial charge is 0.422 e. The van der Waals surface area contributed by atoms with E-state index in [4.69, 9.17) is 26.1 Å². The predicted octanol–water partition coefficient (Wildman–Crippen LogP) is 5.95. The maximum Gasteiger partial charge on any atom is 0.422 e. The van der Waals surface area contributed by atoms with Crippen molar-refractivity contribution in [2.45, 2.75) is 96.4 Å². The Morgan fingerprint density at radius 3 is 2.50 bits per heavy atom. The van der Waals surface area contributed by atoms with E-state index in [-0.39, 0.29) is 17.4 Å². The maximum absolute atomic E-state index is 13.6. The number of carbonyl (C=O) groups excluding carboxylic acids is 1. The van der Waals surface area contributed by atoms with Crippen molar-refractivity contribution in [2.24, 2.45) is 9.98 Å². The van der Waals surface area contributed by atoms with Crippen molar-refractivity contribution in [1.82, 2.24) is 14.7 Å². The third-order valence-corrected chi connectivity index (χ3v) is 8.98. The molecule has 10 nitrogen and oxygen atoms in total. The Morgan fingerprint density at radius 2 is 1.93 bits per heavy atom. The topological polar surface area (TPSA) is 105 Å². The second-order valence-electron chi connectivity index (χ2n) is 13.0. The predicted molar refractivity (Wildman–Crippen MR) is 166 cm³/mol. The number of piperidine rings is 1. The van der Waals surface area contributed by atoms with Gasteiger partial charge in [-0.05, 0) is 116 Å². The second-order valence-corrected chi connectivity index (χ2v) is 13.4. The number of hydrogen-bond donors (Lipinski definition) is 1. The highest BCUT2D eigenvalue weighted by Gasteiger charge is 2.45. The average molecular weight is 599 g/mol. The first-order valence-electron chi connectivity index (χ1n) is 14.8. The minimum atomic E-state index is -0.724. The van der Waals surface area contributed by atoms with Crippen LogP contribution in [0.2, 0.25) is 5.02 Å². The summed E-state index contributed by atoms with van der Waals surface area (Å²) in [6, 6.07) is 4.27. The van der Waals surface area contributed by atoms with Gasteiger partial charge in [-0.1, -0.05) is 11.6 Å². The summed E-state index contributed by atoms with van der Waals surface area (Å²) in [5.74, 6) is 0.338. The van der Waals surface area contributed by atoms with Gasteiger partial charge >= 0.3 is 6.09 Å². The van der Waals surface area contributed by atoms with Crippen molar-refractivity contribution in [3.05, 3.63) is 40.2 Å². The van der Waals surface area contributed by atoms with Crippen molar-refractivity contribution >= 4 is 41.7 Å². The van der Waals surface area contributed by atoms with Gasteiger partial charge in [-0.25, -0.2) is 19.7 Å². The zero-order chi connectivity index (χ0) is 30.4. The van der Waals surface area contributed by atoms with E-state index < -0.39 is 17.8 Å². The van der Waals surface area contributed by atoms with Gasteiger partial charge in [-0.3, -0.25) is 9.58 Å². The third-order valence-electron chi connectivity index (χ3n) is 8.65. The zero-order valence-electron chi connectivity index (χ0n) is 25.6. The molecule has 1 aliphatic carbocycles. The van der Waals surface area contributed by atoms with Crippen molar-refractivity contribution in [1.29, 1.82) is 0 Å². The normalized spacial score (nSPS) is 24.2. The summed E-state index contributed by atoms with van der Waals surface area (Å²) >= 11 is 6.81. The van der Waals surface area contributed by atoms with Crippen molar-refractivity contribution < 1.29 is 19.4 Å². The summed E-state index contributed by atoms with van der Waals surface area (Å²) in [7, 11) is 0. The monoisotopic (exact) mass is 598 g/mol. The third kappa shape index (κ3) is 6.13. The molecule has 3 aliphatic rings. The molecular weight excluding hydrogens is 556 g/mol. The lowest BCUT2D eigenvalue weighted by atomic mass is 9.85. The Morgan fingerprint density at radius 1 is 1.24 bits per heavy atom.